The standard InChI is InChI=1S/C6H8BrNS.ClH/c7-5-3-6(1-2-8)9-4-5;/h3-4H,1-2,8H2;1H. The summed E-state index contributed by atoms with van der Waals surface area (Å²) < 4.78 is 1.16. The zero-order valence-electron chi connectivity index (χ0n) is 5.34. The van der Waals surface area contributed by atoms with E-state index in [0.717, 1.165) is 17.4 Å². The molecule has 1 heterocycles. The minimum absolute atomic E-state index is 0. The molecule has 0 spiro atoms. The third-order valence-electron chi connectivity index (χ3n) is 1.01. The Hall–Kier alpha value is 0.430. The maximum Gasteiger partial charge on any atom is 0.0285 e. The van der Waals surface area contributed by atoms with Crippen LogP contribution in [0.4, 0.5) is 0 Å². The van der Waals surface area contributed by atoms with Gasteiger partial charge in [-0.25, -0.2) is 0 Å². The zero-order chi connectivity index (χ0) is 6.69. The predicted molar refractivity (Wildman–Crippen MR) is 52.0 cm³/mol. The largest absolute Gasteiger partial charge is 0.330 e. The first-order valence-corrected chi connectivity index (χ1v) is 4.43. The van der Waals surface area contributed by atoms with Crippen LogP contribution in [0.5, 0.6) is 0 Å². The van der Waals surface area contributed by atoms with Gasteiger partial charge in [-0.15, -0.1) is 23.7 Å². The molecule has 1 aromatic rings. The molecule has 0 unspecified atom stereocenters. The molecular formula is C6H9BrClNS. The SMILES string of the molecule is Cl.NCCc1cc(Br)cs1. The van der Waals surface area contributed by atoms with E-state index in [1.807, 2.05) is 0 Å². The van der Waals surface area contributed by atoms with Crippen LogP contribution in [0, 0.1) is 0 Å². The summed E-state index contributed by atoms with van der Waals surface area (Å²) >= 11 is 5.12. The van der Waals surface area contributed by atoms with Gasteiger partial charge in [-0.05, 0) is 35.0 Å². The third-order valence-corrected chi connectivity index (χ3v) is 2.77. The highest BCUT2D eigenvalue weighted by Gasteiger charge is 1.93. The lowest BCUT2D eigenvalue weighted by Gasteiger charge is -1.86. The number of halogens is 2. The molecule has 0 aliphatic carbocycles. The molecule has 0 aliphatic heterocycles. The topological polar surface area (TPSA) is 26.0 Å². The van der Waals surface area contributed by atoms with Crippen molar-refractivity contribution in [3.63, 3.8) is 0 Å². The minimum atomic E-state index is 0. The number of rotatable bonds is 2. The monoisotopic (exact) mass is 241 g/mol. The molecular weight excluding hydrogens is 233 g/mol. The van der Waals surface area contributed by atoms with E-state index in [1.54, 1.807) is 11.3 Å². The third kappa shape index (κ3) is 3.01. The van der Waals surface area contributed by atoms with Crippen LogP contribution in [-0.2, 0) is 6.42 Å². The fourth-order valence-electron chi connectivity index (χ4n) is 0.627. The van der Waals surface area contributed by atoms with Gasteiger partial charge in [0.15, 0.2) is 0 Å². The van der Waals surface area contributed by atoms with E-state index in [9.17, 15) is 0 Å². The van der Waals surface area contributed by atoms with Gasteiger partial charge < -0.3 is 5.73 Å². The molecule has 0 saturated heterocycles. The summed E-state index contributed by atoms with van der Waals surface area (Å²) in [5.74, 6) is 0. The maximum absolute atomic E-state index is 5.36. The van der Waals surface area contributed by atoms with Gasteiger partial charge >= 0.3 is 0 Å². The summed E-state index contributed by atoms with van der Waals surface area (Å²) in [7, 11) is 0. The first kappa shape index (κ1) is 10.4. The van der Waals surface area contributed by atoms with Crippen molar-refractivity contribution in [3.8, 4) is 0 Å². The molecule has 4 heteroatoms. The molecule has 0 saturated carbocycles. The predicted octanol–water partition coefficient (Wildman–Crippen LogP) is 2.43. The van der Waals surface area contributed by atoms with E-state index in [4.69, 9.17) is 5.73 Å². The number of hydrogen-bond donors (Lipinski definition) is 1. The van der Waals surface area contributed by atoms with Crippen LogP contribution in [0.3, 0.4) is 0 Å². The second-order valence-corrected chi connectivity index (χ2v) is 3.68. The van der Waals surface area contributed by atoms with E-state index < -0.39 is 0 Å². The second-order valence-electron chi connectivity index (χ2n) is 1.77. The Labute approximate surface area is 79.2 Å². The molecule has 0 aromatic carbocycles. The van der Waals surface area contributed by atoms with Crippen molar-refractivity contribution >= 4 is 39.7 Å². The summed E-state index contributed by atoms with van der Waals surface area (Å²) in [4.78, 5) is 1.35. The Balaban J connectivity index is 0.000000810. The van der Waals surface area contributed by atoms with Gasteiger partial charge in [0.05, 0.1) is 0 Å². The highest BCUT2D eigenvalue weighted by atomic mass is 79.9. The van der Waals surface area contributed by atoms with E-state index in [2.05, 4.69) is 27.4 Å². The molecule has 58 valence electrons. The van der Waals surface area contributed by atoms with Crippen molar-refractivity contribution in [1.82, 2.24) is 0 Å². The lowest BCUT2D eigenvalue weighted by atomic mass is 10.3. The highest BCUT2D eigenvalue weighted by Crippen LogP contribution is 2.19. The molecule has 0 aliphatic rings. The Morgan fingerprint density at radius 2 is 2.30 bits per heavy atom. The molecule has 0 radical (unpaired) electrons. The molecule has 1 aromatic heterocycles. The molecule has 0 atom stereocenters. The molecule has 0 fully saturated rings. The van der Waals surface area contributed by atoms with Crippen molar-refractivity contribution in [1.29, 1.82) is 0 Å². The first-order valence-electron chi connectivity index (χ1n) is 2.76. The Morgan fingerprint density at radius 3 is 2.70 bits per heavy atom. The fourth-order valence-corrected chi connectivity index (χ4v) is 2.10. The normalized spacial score (nSPS) is 9.00. The Bertz CT molecular complexity index is 190. The van der Waals surface area contributed by atoms with Crippen LogP contribution in [0.2, 0.25) is 0 Å². The van der Waals surface area contributed by atoms with Gasteiger partial charge in [0, 0.05) is 14.7 Å². The first-order chi connectivity index (χ1) is 4.33. The van der Waals surface area contributed by atoms with Gasteiger partial charge in [-0.3, -0.25) is 0 Å². The Morgan fingerprint density at radius 1 is 1.60 bits per heavy atom. The van der Waals surface area contributed by atoms with Crippen molar-refractivity contribution in [3.05, 3.63) is 20.8 Å². The van der Waals surface area contributed by atoms with Gasteiger partial charge in [0.25, 0.3) is 0 Å². The lowest BCUT2D eigenvalue weighted by molar-refractivity contribution is 0.988. The number of nitrogens with two attached hydrogens (primary N) is 1. The van der Waals surface area contributed by atoms with E-state index in [1.165, 1.54) is 4.88 Å². The molecule has 1 rings (SSSR count). The number of thiophene rings is 1. The quantitative estimate of drug-likeness (QED) is 0.847. The average molecular weight is 243 g/mol. The van der Waals surface area contributed by atoms with E-state index in [0.29, 0.717) is 0 Å². The zero-order valence-corrected chi connectivity index (χ0v) is 8.56. The van der Waals surface area contributed by atoms with Crippen LogP contribution < -0.4 is 5.73 Å². The van der Waals surface area contributed by atoms with Crippen LogP contribution in [0.15, 0.2) is 15.9 Å². The summed E-state index contributed by atoms with van der Waals surface area (Å²) in [6.07, 6.45) is 0.996. The minimum Gasteiger partial charge on any atom is -0.330 e. The van der Waals surface area contributed by atoms with Gasteiger partial charge in [-0.1, -0.05) is 0 Å². The van der Waals surface area contributed by atoms with Crippen LogP contribution in [-0.4, -0.2) is 6.54 Å². The van der Waals surface area contributed by atoms with Gasteiger partial charge in [0.2, 0.25) is 0 Å². The summed E-state index contributed by atoms with van der Waals surface area (Å²) in [6.45, 7) is 0.743. The van der Waals surface area contributed by atoms with Crippen molar-refractivity contribution in [2.75, 3.05) is 6.54 Å². The molecule has 1 nitrogen and oxygen atoms in total. The van der Waals surface area contributed by atoms with Crippen LogP contribution in [0.25, 0.3) is 0 Å². The second kappa shape index (κ2) is 5.13. The average Bonchev–Trinajstić information content (AvgIpc) is 2.17. The van der Waals surface area contributed by atoms with Crippen molar-refractivity contribution < 1.29 is 0 Å². The molecule has 0 amide bonds. The molecule has 2 N–H and O–H groups in total. The van der Waals surface area contributed by atoms with Crippen LogP contribution in [0.1, 0.15) is 4.88 Å². The molecule has 0 bridgehead atoms. The summed E-state index contributed by atoms with van der Waals surface area (Å²) in [5.41, 5.74) is 5.36. The van der Waals surface area contributed by atoms with E-state index >= 15 is 0 Å². The summed E-state index contributed by atoms with van der Waals surface area (Å²) in [5, 5.41) is 2.07. The highest BCUT2D eigenvalue weighted by molar-refractivity contribution is 9.10. The maximum atomic E-state index is 5.36. The Kier molecular flexibility index (Phi) is 5.35. The number of hydrogen-bond acceptors (Lipinski definition) is 2. The molecule has 10 heavy (non-hydrogen) atoms. The smallest absolute Gasteiger partial charge is 0.0285 e. The summed E-state index contributed by atoms with van der Waals surface area (Å²) in [6, 6.07) is 2.11. The van der Waals surface area contributed by atoms with E-state index in [-0.39, 0.29) is 12.4 Å². The van der Waals surface area contributed by atoms with Crippen molar-refractivity contribution in [2.45, 2.75) is 6.42 Å². The van der Waals surface area contributed by atoms with Crippen LogP contribution >= 0.6 is 39.7 Å². The van der Waals surface area contributed by atoms with Gasteiger partial charge in [0.1, 0.15) is 0 Å². The van der Waals surface area contributed by atoms with Gasteiger partial charge in [-0.2, -0.15) is 0 Å². The fraction of sp³-hybridized carbons (Fsp3) is 0.333. The van der Waals surface area contributed by atoms with Crippen molar-refractivity contribution in [2.24, 2.45) is 5.73 Å². The lowest BCUT2D eigenvalue weighted by Crippen LogP contribution is -2.00.